The SMILES string of the molecule is CC(C)(CS(N)(=O)=O)C1CCCCC1. The van der Waals surface area contributed by atoms with Gasteiger partial charge in [-0.2, -0.15) is 0 Å². The molecule has 0 unspecified atom stereocenters. The monoisotopic (exact) mass is 219 g/mol. The summed E-state index contributed by atoms with van der Waals surface area (Å²) in [6.45, 7) is 4.04. The van der Waals surface area contributed by atoms with Crippen molar-refractivity contribution >= 4 is 10.0 Å². The summed E-state index contributed by atoms with van der Waals surface area (Å²) in [6.07, 6.45) is 6.07. The fourth-order valence-corrected chi connectivity index (χ4v) is 3.79. The average Bonchev–Trinajstić information content (AvgIpc) is 2.01. The van der Waals surface area contributed by atoms with Gasteiger partial charge in [0.2, 0.25) is 10.0 Å². The number of hydrogen-bond donors (Lipinski definition) is 1. The molecule has 0 amide bonds. The molecule has 1 aliphatic carbocycles. The van der Waals surface area contributed by atoms with Gasteiger partial charge in [0.1, 0.15) is 0 Å². The van der Waals surface area contributed by atoms with Crippen LogP contribution in [0.3, 0.4) is 0 Å². The molecule has 0 saturated heterocycles. The predicted octanol–water partition coefficient (Wildman–Crippen LogP) is 1.88. The van der Waals surface area contributed by atoms with Gasteiger partial charge in [-0.1, -0.05) is 33.1 Å². The maximum absolute atomic E-state index is 11.1. The minimum absolute atomic E-state index is 0.116. The summed E-state index contributed by atoms with van der Waals surface area (Å²) < 4.78 is 22.1. The van der Waals surface area contributed by atoms with Crippen molar-refractivity contribution in [3.05, 3.63) is 0 Å². The lowest BCUT2D eigenvalue weighted by molar-refractivity contribution is 0.182. The zero-order valence-corrected chi connectivity index (χ0v) is 9.94. The summed E-state index contributed by atoms with van der Waals surface area (Å²) in [5, 5.41) is 5.10. The van der Waals surface area contributed by atoms with Gasteiger partial charge in [-0.3, -0.25) is 0 Å². The highest BCUT2D eigenvalue weighted by Gasteiger charge is 2.33. The highest BCUT2D eigenvalue weighted by molar-refractivity contribution is 7.89. The molecule has 0 atom stereocenters. The van der Waals surface area contributed by atoms with Crippen LogP contribution < -0.4 is 5.14 Å². The summed E-state index contributed by atoms with van der Waals surface area (Å²) in [4.78, 5) is 0. The van der Waals surface area contributed by atoms with Crippen molar-refractivity contribution in [2.24, 2.45) is 16.5 Å². The quantitative estimate of drug-likeness (QED) is 0.788. The second kappa shape index (κ2) is 4.19. The molecular formula is C10H21NO2S. The molecule has 0 bridgehead atoms. The third kappa shape index (κ3) is 3.58. The molecule has 0 aliphatic heterocycles. The molecule has 0 spiro atoms. The van der Waals surface area contributed by atoms with Gasteiger partial charge in [0.05, 0.1) is 5.75 Å². The van der Waals surface area contributed by atoms with Gasteiger partial charge in [-0.05, 0) is 24.2 Å². The normalized spacial score (nSPS) is 21.1. The number of rotatable bonds is 3. The molecule has 14 heavy (non-hydrogen) atoms. The maximum Gasteiger partial charge on any atom is 0.209 e. The number of hydrogen-bond acceptors (Lipinski definition) is 2. The van der Waals surface area contributed by atoms with E-state index < -0.39 is 10.0 Å². The Morgan fingerprint density at radius 2 is 1.71 bits per heavy atom. The van der Waals surface area contributed by atoms with E-state index >= 15 is 0 Å². The molecule has 3 nitrogen and oxygen atoms in total. The molecule has 0 aromatic rings. The predicted molar refractivity (Wildman–Crippen MR) is 58.3 cm³/mol. The lowest BCUT2D eigenvalue weighted by atomic mass is 9.72. The average molecular weight is 219 g/mol. The molecule has 1 fully saturated rings. The second-order valence-corrected chi connectivity index (χ2v) is 6.75. The van der Waals surface area contributed by atoms with Crippen LogP contribution in [0.1, 0.15) is 46.0 Å². The third-order valence-electron chi connectivity index (χ3n) is 3.28. The van der Waals surface area contributed by atoms with Gasteiger partial charge >= 0.3 is 0 Å². The summed E-state index contributed by atoms with van der Waals surface area (Å²) in [7, 11) is -3.33. The van der Waals surface area contributed by atoms with Crippen LogP contribution in [-0.4, -0.2) is 14.2 Å². The molecule has 1 aliphatic rings. The van der Waals surface area contributed by atoms with Crippen LogP contribution in [0, 0.1) is 11.3 Å². The van der Waals surface area contributed by atoms with E-state index in [0.29, 0.717) is 5.92 Å². The fraction of sp³-hybridized carbons (Fsp3) is 1.00. The molecule has 0 heterocycles. The van der Waals surface area contributed by atoms with Gasteiger partial charge < -0.3 is 0 Å². The summed E-state index contributed by atoms with van der Waals surface area (Å²) in [5.41, 5.74) is -0.159. The van der Waals surface area contributed by atoms with Crippen molar-refractivity contribution in [2.75, 3.05) is 5.75 Å². The van der Waals surface area contributed by atoms with E-state index in [2.05, 4.69) is 0 Å². The van der Waals surface area contributed by atoms with Crippen molar-refractivity contribution in [3.63, 3.8) is 0 Å². The zero-order chi connectivity index (χ0) is 10.8. The summed E-state index contributed by atoms with van der Waals surface area (Å²) in [6, 6.07) is 0. The molecule has 1 saturated carbocycles. The minimum Gasteiger partial charge on any atom is -0.229 e. The fourth-order valence-electron chi connectivity index (χ4n) is 2.52. The lowest BCUT2D eigenvalue weighted by Crippen LogP contribution is -2.36. The molecule has 2 N–H and O–H groups in total. The Morgan fingerprint density at radius 3 is 2.14 bits per heavy atom. The van der Waals surface area contributed by atoms with Crippen LogP contribution >= 0.6 is 0 Å². The van der Waals surface area contributed by atoms with Crippen molar-refractivity contribution in [3.8, 4) is 0 Å². The highest BCUT2D eigenvalue weighted by atomic mass is 32.2. The Kier molecular flexibility index (Phi) is 3.58. The number of nitrogens with two attached hydrogens (primary N) is 1. The number of primary sulfonamides is 1. The van der Waals surface area contributed by atoms with Crippen molar-refractivity contribution in [2.45, 2.75) is 46.0 Å². The Hall–Kier alpha value is -0.0900. The molecule has 0 aromatic heterocycles. The van der Waals surface area contributed by atoms with Crippen LogP contribution in [0.4, 0.5) is 0 Å². The van der Waals surface area contributed by atoms with E-state index in [1.807, 2.05) is 13.8 Å². The van der Waals surface area contributed by atoms with Crippen molar-refractivity contribution < 1.29 is 8.42 Å². The van der Waals surface area contributed by atoms with Crippen LogP contribution in [0.2, 0.25) is 0 Å². The van der Waals surface area contributed by atoms with E-state index in [1.54, 1.807) is 0 Å². The van der Waals surface area contributed by atoms with Gasteiger partial charge in [-0.25, -0.2) is 13.6 Å². The van der Waals surface area contributed by atoms with E-state index in [1.165, 1.54) is 19.3 Å². The highest BCUT2D eigenvalue weighted by Crippen LogP contribution is 2.38. The first-order valence-electron chi connectivity index (χ1n) is 5.32. The van der Waals surface area contributed by atoms with E-state index in [4.69, 9.17) is 5.14 Å². The van der Waals surface area contributed by atoms with Gasteiger partial charge in [0.15, 0.2) is 0 Å². The molecule has 4 heteroatoms. The van der Waals surface area contributed by atoms with Crippen LogP contribution in [0.5, 0.6) is 0 Å². The summed E-state index contributed by atoms with van der Waals surface area (Å²) in [5.74, 6) is 0.638. The van der Waals surface area contributed by atoms with Crippen molar-refractivity contribution in [1.29, 1.82) is 0 Å². The van der Waals surface area contributed by atoms with Crippen LogP contribution in [0.25, 0.3) is 0 Å². The Bertz CT molecular complexity index is 276. The van der Waals surface area contributed by atoms with Gasteiger partial charge in [0, 0.05) is 0 Å². The van der Waals surface area contributed by atoms with E-state index in [-0.39, 0.29) is 11.2 Å². The van der Waals surface area contributed by atoms with Gasteiger partial charge in [-0.15, -0.1) is 0 Å². The smallest absolute Gasteiger partial charge is 0.209 e. The minimum atomic E-state index is -3.33. The molecule has 1 rings (SSSR count). The first kappa shape index (κ1) is 12.0. The molecular weight excluding hydrogens is 198 g/mol. The number of sulfonamides is 1. The first-order chi connectivity index (χ1) is 6.31. The third-order valence-corrected chi connectivity index (χ3v) is 4.43. The molecule has 0 radical (unpaired) electrons. The topological polar surface area (TPSA) is 60.2 Å². The Balaban J connectivity index is 2.63. The van der Waals surface area contributed by atoms with E-state index in [9.17, 15) is 8.42 Å². The second-order valence-electron chi connectivity index (χ2n) is 5.13. The Morgan fingerprint density at radius 1 is 1.21 bits per heavy atom. The largest absolute Gasteiger partial charge is 0.229 e. The van der Waals surface area contributed by atoms with Crippen LogP contribution in [-0.2, 0) is 10.0 Å². The standard InChI is InChI=1S/C10H21NO2S/c1-10(2,8-14(11,12)13)9-6-4-3-5-7-9/h9H,3-8H2,1-2H3,(H2,11,12,13). The van der Waals surface area contributed by atoms with Crippen LogP contribution in [0.15, 0.2) is 0 Å². The molecule has 0 aromatic carbocycles. The van der Waals surface area contributed by atoms with Crippen molar-refractivity contribution in [1.82, 2.24) is 0 Å². The lowest BCUT2D eigenvalue weighted by Gasteiger charge is -2.36. The zero-order valence-electron chi connectivity index (χ0n) is 9.12. The molecule has 84 valence electrons. The van der Waals surface area contributed by atoms with E-state index in [0.717, 1.165) is 12.8 Å². The first-order valence-corrected chi connectivity index (χ1v) is 7.03. The van der Waals surface area contributed by atoms with Gasteiger partial charge in [0.25, 0.3) is 0 Å². The summed E-state index contributed by atoms with van der Waals surface area (Å²) >= 11 is 0. The Labute approximate surface area is 87.1 Å². The maximum atomic E-state index is 11.1.